The van der Waals surface area contributed by atoms with Crippen molar-refractivity contribution in [3.63, 3.8) is 0 Å². The van der Waals surface area contributed by atoms with Gasteiger partial charge < -0.3 is 16.0 Å². The Hall–Kier alpha value is -1.30. The van der Waals surface area contributed by atoms with Gasteiger partial charge in [0.05, 0.1) is 0 Å². The van der Waals surface area contributed by atoms with E-state index in [0.29, 0.717) is 17.3 Å². The van der Waals surface area contributed by atoms with E-state index < -0.39 is 0 Å². The van der Waals surface area contributed by atoms with Crippen molar-refractivity contribution >= 4 is 28.3 Å². The van der Waals surface area contributed by atoms with Crippen LogP contribution >= 0.6 is 11.5 Å². The number of nitrogen functional groups attached to an aromatic ring is 1. The number of nitrogens with zero attached hydrogens (tertiary/aromatic N) is 2. The zero-order valence-corrected chi connectivity index (χ0v) is 13.9. The molecule has 0 aliphatic carbocycles. The van der Waals surface area contributed by atoms with Gasteiger partial charge in [0, 0.05) is 19.1 Å². The maximum Gasteiger partial charge on any atom is 0.258 e. The predicted octanol–water partition coefficient (Wildman–Crippen LogP) is 2.74. The molecule has 5 nitrogen and oxygen atoms in total. The molecule has 0 spiro atoms. The third-order valence-corrected chi connectivity index (χ3v) is 4.17. The lowest BCUT2D eigenvalue weighted by Gasteiger charge is -2.25. The van der Waals surface area contributed by atoms with Crippen molar-refractivity contribution in [2.75, 3.05) is 23.7 Å². The number of aromatic nitrogens is 1. The first-order valence-electron chi connectivity index (χ1n) is 7.21. The molecular formula is C14H26N4OS. The Bertz CT molecular complexity index is 444. The minimum atomic E-state index is -0.135. The minimum Gasteiger partial charge on any atom is -0.382 e. The summed E-state index contributed by atoms with van der Waals surface area (Å²) >= 11 is 1.31. The smallest absolute Gasteiger partial charge is 0.258 e. The second-order valence-electron chi connectivity index (χ2n) is 5.43. The van der Waals surface area contributed by atoms with Gasteiger partial charge in [-0.25, -0.2) is 0 Å². The van der Waals surface area contributed by atoms with E-state index in [0.717, 1.165) is 24.5 Å². The molecule has 1 aromatic heterocycles. The maximum absolute atomic E-state index is 12.3. The molecule has 0 saturated heterocycles. The third kappa shape index (κ3) is 4.10. The molecule has 1 heterocycles. The molecule has 0 aromatic carbocycles. The molecule has 0 saturated carbocycles. The number of hydrogen-bond acceptors (Lipinski definition) is 5. The Morgan fingerprint density at radius 3 is 2.55 bits per heavy atom. The van der Waals surface area contributed by atoms with Gasteiger partial charge in [-0.05, 0) is 38.2 Å². The molecule has 0 radical (unpaired) electrons. The van der Waals surface area contributed by atoms with E-state index >= 15 is 0 Å². The fraction of sp³-hybridized carbons (Fsp3) is 0.714. The van der Waals surface area contributed by atoms with E-state index in [2.05, 4.69) is 35.4 Å². The lowest BCUT2D eigenvalue weighted by Crippen LogP contribution is -2.33. The fourth-order valence-corrected chi connectivity index (χ4v) is 2.80. The van der Waals surface area contributed by atoms with Gasteiger partial charge in [-0.15, -0.1) is 0 Å². The van der Waals surface area contributed by atoms with Crippen molar-refractivity contribution in [3.8, 4) is 0 Å². The van der Waals surface area contributed by atoms with Gasteiger partial charge in [-0.3, -0.25) is 4.79 Å². The molecule has 1 atom stereocenters. The van der Waals surface area contributed by atoms with Crippen molar-refractivity contribution in [3.05, 3.63) is 5.56 Å². The summed E-state index contributed by atoms with van der Waals surface area (Å²) in [6.45, 7) is 12.1. The monoisotopic (exact) mass is 298 g/mol. The molecule has 0 bridgehead atoms. The SMILES string of the molecule is CCC(C)CN(CC)c1snc(N)c1C(=O)NC(C)C. The first kappa shape index (κ1) is 16.8. The number of carbonyl (C=O) groups excluding carboxylic acids is 1. The first-order chi connectivity index (χ1) is 9.40. The largest absolute Gasteiger partial charge is 0.382 e. The second-order valence-corrected chi connectivity index (χ2v) is 6.18. The van der Waals surface area contributed by atoms with E-state index in [1.165, 1.54) is 11.5 Å². The molecule has 1 unspecified atom stereocenters. The van der Waals surface area contributed by atoms with Gasteiger partial charge in [0.25, 0.3) is 5.91 Å². The number of amides is 1. The molecule has 1 amide bonds. The van der Waals surface area contributed by atoms with Crippen LogP contribution in [-0.2, 0) is 0 Å². The molecule has 1 rings (SSSR count). The number of anilines is 2. The summed E-state index contributed by atoms with van der Waals surface area (Å²) in [4.78, 5) is 14.5. The van der Waals surface area contributed by atoms with E-state index in [9.17, 15) is 4.79 Å². The Morgan fingerprint density at radius 2 is 2.05 bits per heavy atom. The number of hydrogen-bond donors (Lipinski definition) is 2. The molecule has 1 aromatic rings. The van der Waals surface area contributed by atoms with Crippen LogP contribution in [-0.4, -0.2) is 29.4 Å². The Kier molecular flexibility index (Phi) is 6.26. The summed E-state index contributed by atoms with van der Waals surface area (Å²) in [5.74, 6) is 0.758. The van der Waals surface area contributed by atoms with Crippen LogP contribution in [0.1, 0.15) is 51.4 Å². The minimum absolute atomic E-state index is 0.0827. The molecule has 0 fully saturated rings. The van der Waals surface area contributed by atoms with Crippen LogP contribution in [0, 0.1) is 5.92 Å². The number of carbonyl (C=O) groups is 1. The molecule has 6 heteroatoms. The maximum atomic E-state index is 12.3. The molecule has 114 valence electrons. The van der Waals surface area contributed by atoms with Gasteiger partial charge in [-0.2, -0.15) is 4.37 Å². The van der Waals surface area contributed by atoms with Crippen LogP contribution in [0.4, 0.5) is 10.8 Å². The van der Waals surface area contributed by atoms with Crippen molar-refractivity contribution < 1.29 is 4.79 Å². The van der Waals surface area contributed by atoms with Crippen LogP contribution in [0.5, 0.6) is 0 Å². The highest BCUT2D eigenvalue weighted by Gasteiger charge is 2.23. The van der Waals surface area contributed by atoms with Crippen LogP contribution in [0.25, 0.3) is 0 Å². The van der Waals surface area contributed by atoms with E-state index in [1.807, 2.05) is 13.8 Å². The van der Waals surface area contributed by atoms with Crippen LogP contribution in [0.3, 0.4) is 0 Å². The van der Waals surface area contributed by atoms with E-state index in [-0.39, 0.29) is 11.9 Å². The fourth-order valence-electron chi connectivity index (χ4n) is 1.92. The molecule has 0 aliphatic rings. The van der Waals surface area contributed by atoms with Gasteiger partial charge in [0.2, 0.25) is 0 Å². The Morgan fingerprint density at radius 1 is 1.40 bits per heavy atom. The van der Waals surface area contributed by atoms with Gasteiger partial charge in [-0.1, -0.05) is 20.3 Å². The Balaban J connectivity index is 3.02. The summed E-state index contributed by atoms with van der Waals surface area (Å²) < 4.78 is 4.16. The zero-order chi connectivity index (χ0) is 15.3. The Labute approximate surface area is 125 Å². The zero-order valence-electron chi connectivity index (χ0n) is 13.1. The third-order valence-electron chi connectivity index (χ3n) is 3.25. The highest BCUT2D eigenvalue weighted by molar-refractivity contribution is 7.11. The molecule has 0 aliphatic heterocycles. The quantitative estimate of drug-likeness (QED) is 0.812. The highest BCUT2D eigenvalue weighted by atomic mass is 32.1. The average molecular weight is 298 g/mol. The van der Waals surface area contributed by atoms with Gasteiger partial charge in [0.15, 0.2) is 5.82 Å². The van der Waals surface area contributed by atoms with Crippen LogP contribution in [0.2, 0.25) is 0 Å². The normalized spacial score (nSPS) is 12.5. The molecule has 3 N–H and O–H groups in total. The summed E-state index contributed by atoms with van der Waals surface area (Å²) in [5, 5.41) is 3.77. The molecular weight excluding hydrogens is 272 g/mol. The lowest BCUT2D eigenvalue weighted by molar-refractivity contribution is 0.0944. The van der Waals surface area contributed by atoms with Crippen LogP contribution in [0.15, 0.2) is 0 Å². The summed E-state index contributed by atoms with van der Waals surface area (Å²) in [5.41, 5.74) is 6.41. The van der Waals surface area contributed by atoms with Crippen molar-refractivity contribution in [1.29, 1.82) is 0 Å². The van der Waals surface area contributed by atoms with E-state index in [1.54, 1.807) is 0 Å². The predicted molar refractivity (Wildman–Crippen MR) is 86.5 cm³/mol. The van der Waals surface area contributed by atoms with Crippen molar-refractivity contribution in [2.45, 2.75) is 47.1 Å². The number of nitrogens with two attached hydrogens (primary N) is 1. The highest BCUT2D eigenvalue weighted by Crippen LogP contribution is 2.31. The standard InChI is InChI=1S/C14H26N4OS/c1-6-10(5)8-18(7-2)14-11(12(15)17-20-14)13(19)16-9(3)4/h9-10H,6-8H2,1-5H3,(H2,15,17)(H,16,19). The van der Waals surface area contributed by atoms with Gasteiger partial charge >= 0.3 is 0 Å². The average Bonchev–Trinajstić information content (AvgIpc) is 2.76. The summed E-state index contributed by atoms with van der Waals surface area (Å²) in [6, 6.07) is 0.0827. The van der Waals surface area contributed by atoms with Gasteiger partial charge in [0.1, 0.15) is 10.6 Å². The summed E-state index contributed by atoms with van der Waals surface area (Å²) in [6.07, 6.45) is 1.11. The molecule has 20 heavy (non-hydrogen) atoms. The van der Waals surface area contributed by atoms with Crippen LogP contribution < -0.4 is 16.0 Å². The number of rotatable bonds is 7. The second kappa shape index (κ2) is 7.47. The number of nitrogens with one attached hydrogen (secondary N) is 1. The first-order valence-corrected chi connectivity index (χ1v) is 7.98. The van der Waals surface area contributed by atoms with Crippen molar-refractivity contribution in [1.82, 2.24) is 9.69 Å². The topological polar surface area (TPSA) is 71.2 Å². The van der Waals surface area contributed by atoms with Crippen molar-refractivity contribution in [2.24, 2.45) is 5.92 Å². The lowest BCUT2D eigenvalue weighted by atomic mass is 10.1. The van der Waals surface area contributed by atoms with E-state index in [4.69, 9.17) is 5.73 Å². The summed E-state index contributed by atoms with van der Waals surface area (Å²) in [7, 11) is 0.